The smallest absolute Gasteiger partial charge is 0.227 e. The Hall–Kier alpha value is -2.76. The molecule has 6 nitrogen and oxygen atoms in total. The summed E-state index contributed by atoms with van der Waals surface area (Å²) in [4.78, 5) is 21.4. The molecule has 2 saturated heterocycles. The molecular weight excluding hydrogens is 330 g/mol. The van der Waals surface area contributed by atoms with Crippen molar-refractivity contribution in [2.75, 3.05) is 42.6 Å². The maximum absolute atomic E-state index is 12.8. The number of fused-ring (bicyclic) bond motifs is 1. The van der Waals surface area contributed by atoms with Crippen LogP contribution >= 0.6 is 0 Å². The van der Waals surface area contributed by atoms with Gasteiger partial charge in [-0.2, -0.15) is 0 Å². The summed E-state index contributed by atoms with van der Waals surface area (Å²) < 4.78 is 11.3. The molecule has 0 saturated carbocycles. The Morgan fingerprint density at radius 3 is 2.77 bits per heavy atom. The molecule has 26 heavy (non-hydrogen) atoms. The van der Waals surface area contributed by atoms with Gasteiger partial charge in [-0.3, -0.25) is 4.79 Å². The van der Waals surface area contributed by atoms with Crippen molar-refractivity contribution in [2.24, 2.45) is 5.41 Å². The van der Waals surface area contributed by atoms with Crippen molar-refractivity contribution in [3.8, 4) is 11.5 Å². The van der Waals surface area contributed by atoms with Crippen molar-refractivity contribution in [1.29, 1.82) is 0 Å². The number of hydrogen-bond donors (Lipinski definition) is 0. The topological polar surface area (TPSA) is 54.9 Å². The van der Waals surface area contributed by atoms with Gasteiger partial charge in [0.05, 0.1) is 0 Å². The van der Waals surface area contributed by atoms with E-state index in [0.29, 0.717) is 19.6 Å². The molecule has 5 rings (SSSR count). The highest BCUT2D eigenvalue weighted by Crippen LogP contribution is 2.44. The Morgan fingerprint density at radius 1 is 1.04 bits per heavy atom. The van der Waals surface area contributed by atoms with Crippen LogP contribution in [0.15, 0.2) is 42.6 Å². The van der Waals surface area contributed by atoms with Gasteiger partial charge in [0.15, 0.2) is 11.5 Å². The van der Waals surface area contributed by atoms with Crippen molar-refractivity contribution >= 4 is 17.4 Å². The second-order valence-electron chi connectivity index (χ2n) is 7.34. The van der Waals surface area contributed by atoms with E-state index in [1.165, 1.54) is 0 Å². The van der Waals surface area contributed by atoms with Crippen LogP contribution in [0.5, 0.6) is 11.5 Å². The highest BCUT2D eigenvalue weighted by Gasteiger charge is 2.48. The first-order valence-electron chi connectivity index (χ1n) is 9.09. The summed E-state index contributed by atoms with van der Waals surface area (Å²) in [5.74, 6) is 2.66. The molecular formula is C20H21N3O3. The van der Waals surface area contributed by atoms with Gasteiger partial charge in [-0.05, 0) is 30.7 Å². The Labute approximate surface area is 152 Å². The molecule has 0 bridgehead atoms. The quantitative estimate of drug-likeness (QED) is 0.832. The number of ether oxygens (including phenoxy) is 2. The van der Waals surface area contributed by atoms with Gasteiger partial charge in [0.1, 0.15) is 19.0 Å². The molecule has 2 aromatic rings. The Bertz CT molecular complexity index is 841. The molecule has 2 fully saturated rings. The zero-order chi connectivity index (χ0) is 17.6. The lowest BCUT2D eigenvalue weighted by atomic mass is 9.86. The number of hydrogen-bond acceptors (Lipinski definition) is 5. The standard InChI is InChI=1S/C20H21N3O3/c24-19-12-20(6-8-22(13-20)18-3-1-2-7-21-18)14-23(19)15-4-5-16-17(11-15)26-10-9-25-16/h1-5,7,11H,6,8-10,12-14H2. The Morgan fingerprint density at radius 2 is 1.92 bits per heavy atom. The van der Waals surface area contributed by atoms with Gasteiger partial charge in [-0.15, -0.1) is 0 Å². The predicted octanol–water partition coefficient (Wildman–Crippen LogP) is 2.49. The van der Waals surface area contributed by atoms with Crippen LogP contribution in [-0.2, 0) is 4.79 Å². The monoisotopic (exact) mass is 351 g/mol. The number of benzene rings is 1. The van der Waals surface area contributed by atoms with E-state index >= 15 is 0 Å². The first-order valence-corrected chi connectivity index (χ1v) is 9.09. The number of aromatic nitrogens is 1. The van der Waals surface area contributed by atoms with Crippen LogP contribution in [0.1, 0.15) is 12.8 Å². The Kier molecular flexibility index (Phi) is 3.51. The van der Waals surface area contributed by atoms with Crippen LogP contribution in [0.2, 0.25) is 0 Å². The van der Waals surface area contributed by atoms with Gasteiger partial charge in [0, 0.05) is 49.4 Å². The number of amides is 1. The number of carbonyl (C=O) groups is 1. The lowest BCUT2D eigenvalue weighted by molar-refractivity contribution is -0.117. The van der Waals surface area contributed by atoms with E-state index < -0.39 is 0 Å². The minimum absolute atomic E-state index is 0.00185. The van der Waals surface area contributed by atoms with Gasteiger partial charge in [-0.25, -0.2) is 4.98 Å². The molecule has 0 N–H and O–H groups in total. The maximum Gasteiger partial charge on any atom is 0.227 e. The highest BCUT2D eigenvalue weighted by atomic mass is 16.6. The van der Waals surface area contributed by atoms with E-state index in [4.69, 9.17) is 9.47 Å². The van der Waals surface area contributed by atoms with Crippen molar-refractivity contribution < 1.29 is 14.3 Å². The first kappa shape index (κ1) is 15.5. The molecule has 6 heteroatoms. The average Bonchev–Trinajstić information content (AvgIpc) is 3.25. The van der Waals surface area contributed by atoms with E-state index in [2.05, 4.69) is 9.88 Å². The van der Waals surface area contributed by atoms with Crippen LogP contribution in [0.25, 0.3) is 0 Å². The largest absolute Gasteiger partial charge is 0.486 e. The summed E-state index contributed by atoms with van der Waals surface area (Å²) in [6.07, 6.45) is 3.42. The maximum atomic E-state index is 12.8. The number of pyridine rings is 1. The minimum Gasteiger partial charge on any atom is -0.486 e. The van der Waals surface area contributed by atoms with E-state index in [1.54, 1.807) is 0 Å². The van der Waals surface area contributed by atoms with Crippen molar-refractivity contribution in [3.63, 3.8) is 0 Å². The number of rotatable bonds is 2. The molecule has 0 radical (unpaired) electrons. The molecule has 1 unspecified atom stereocenters. The third-order valence-electron chi connectivity index (χ3n) is 5.57. The molecule has 1 spiro atoms. The summed E-state index contributed by atoms with van der Waals surface area (Å²) >= 11 is 0. The SMILES string of the molecule is O=C1CC2(CCN(c3ccccn3)C2)CN1c1ccc2c(c1)OCCO2. The number of anilines is 2. The van der Waals surface area contributed by atoms with Crippen LogP contribution in [-0.4, -0.2) is 43.7 Å². The predicted molar refractivity (Wildman–Crippen MR) is 97.9 cm³/mol. The molecule has 3 aliphatic rings. The van der Waals surface area contributed by atoms with Gasteiger partial charge < -0.3 is 19.3 Å². The van der Waals surface area contributed by atoms with Crippen molar-refractivity contribution in [3.05, 3.63) is 42.6 Å². The third kappa shape index (κ3) is 2.57. The Balaban J connectivity index is 1.36. The van der Waals surface area contributed by atoms with Crippen molar-refractivity contribution in [1.82, 2.24) is 4.98 Å². The first-order chi connectivity index (χ1) is 12.7. The summed E-state index contributed by atoms with van der Waals surface area (Å²) in [5, 5.41) is 0. The molecule has 134 valence electrons. The van der Waals surface area contributed by atoms with E-state index in [-0.39, 0.29) is 11.3 Å². The van der Waals surface area contributed by atoms with Crippen molar-refractivity contribution in [2.45, 2.75) is 12.8 Å². The number of carbonyl (C=O) groups excluding carboxylic acids is 1. The summed E-state index contributed by atoms with van der Waals surface area (Å²) in [6.45, 7) is 3.68. The molecule has 4 heterocycles. The van der Waals surface area contributed by atoms with Gasteiger partial charge in [-0.1, -0.05) is 6.07 Å². The van der Waals surface area contributed by atoms with E-state index in [1.807, 2.05) is 47.5 Å². The number of nitrogens with zero attached hydrogens (tertiary/aromatic N) is 3. The fourth-order valence-corrected chi connectivity index (χ4v) is 4.28. The average molecular weight is 351 g/mol. The lowest BCUT2D eigenvalue weighted by Gasteiger charge is -2.25. The lowest BCUT2D eigenvalue weighted by Crippen LogP contribution is -2.31. The van der Waals surface area contributed by atoms with Gasteiger partial charge in [0.25, 0.3) is 0 Å². The van der Waals surface area contributed by atoms with Gasteiger partial charge >= 0.3 is 0 Å². The van der Waals surface area contributed by atoms with Crippen LogP contribution < -0.4 is 19.3 Å². The van der Waals surface area contributed by atoms with Crippen LogP contribution in [0.3, 0.4) is 0 Å². The second kappa shape index (κ2) is 5.90. The molecule has 1 aromatic heterocycles. The normalized spacial score (nSPS) is 24.5. The summed E-state index contributed by atoms with van der Waals surface area (Å²) in [7, 11) is 0. The minimum atomic E-state index is 0.00185. The molecule has 1 amide bonds. The molecule has 3 aliphatic heterocycles. The molecule has 1 aromatic carbocycles. The third-order valence-corrected chi connectivity index (χ3v) is 5.57. The highest BCUT2D eigenvalue weighted by molar-refractivity contribution is 5.97. The summed E-state index contributed by atoms with van der Waals surface area (Å²) in [5.41, 5.74) is 0.898. The second-order valence-corrected chi connectivity index (χ2v) is 7.34. The van der Waals surface area contributed by atoms with E-state index in [9.17, 15) is 4.79 Å². The fraction of sp³-hybridized carbons (Fsp3) is 0.400. The van der Waals surface area contributed by atoms with Gasteiger partial charge in [0.2, 0.25) is 5.91 Å². The van der Waals surface area contributed by atoms with Crippen LogP contribution in [0, 0.1) is 5.41 Å². The zero-order valence-corrected chi connectivity index (χ0v) is 14.6. The van der Waals surface area contributed by atoms with E-state index in [0.717, 1.165) is 49.1 Å². The molecule has 0 aliphatic carbocycles. The van der Waals surface area contributed by atoms with Crippen LogP contribution in [0.4, 0.5) is 11.5 Å². The fourth-order valence-electron chi connectivity index (χ4n) is 4.28. The summed E-state index contributed by atoms with van der Waals surface area (Å²) in [6, 6.07) is 11.8. The molecule has 1 atom stereocenters. The zero-order valence-electron chi connectivity index (χ0n) is 14.6.